The van der Waals surface area contributed by atoms with E-state index in [0.717, 1.165) is 12.8 Å². The standard InChI is InChI=1S/C22H22N4O5/c1-27-14-8-13(9-15(28-2)17(14)29-3)18-21(12-25)19(26)31-22(30-18)7-5-4-6-16(22)20(21,10-23)11-24/h8-9,16,18,26H,4-7H2,1-3H3/t16-,18-,21+,22+/m0/s1. The molecule has 4 atom stereocenters. The molecule has 9 heteroatoms. The Morgan fingerprint density at radius 2 is 1.65 bits per heavy atom. The van der Waals surface area contributed by atoms with Crippen LogP contribution >= 0.6 is 0 Å². The van der Waals surface area contributed by atoms with E-state index in [4.69, 9.17) is 29.1 Å². The number of rotatable bonds is 4. The van der Waals surface area contributed by atoms with Gasteiger partial charge in [0, 0.05) is 6.42 Å². The number of nitrogens with zero attached hydrogens (tertiary/aromatic N) is 3. The lowest BCUT2D eigenvalue weighted by Crippen LogP contribution is -2.73. The first-order valence-corrected chi connectivity index (χ1v) is 9.93. The van der Waals surface area contributed by atoms with Gasteiger partial charge < -0.3 is 23.7 Å². The summed E-state index contributed by atoms with van der Waals surface area (Å²) in [6.45, 7) is 0. The fourth-order valence-corrected chi connectivity index (χ4v) is 5.39. The Labute approximate surface area is 180 Å². The Balaban J connectivity index is 2.01. The third-order valence-corrected chi connectivity index (χ3v) is 6.81. The van der Waals surface area contributed by atoms with Crippen molar-refractivity contribution >= 4 is 5.90 Å². The Kier molecular flexibility index (Phi) is 4.72. The predicted octanol–water partition coefficient (Wildman–Crippen LogP) is 3.22. The molecule has 4 fully saturated rings. The van der Waals surface area contributed by atoms with E-state index in [2.05, 4.69) is 18.2 Å². The molecule has 31 heavy (non-hydrogen) atoms. The number of hydrogen-bond acceptors (Lipinski definition) is 9. The summed E-state index contributed by atoms with van der Waals surface area (Å²) in [6, 6.07) is 9.58. The highest BCUT2D eigenvalue weighted by molar-refractivity contribution is 5.89. The first-order valence-electron chi connectivity index (χ1n) is 9.93. The van der Waals surface area contributed by atoms with Crippen molar-refractivity contribution in [3.8, 4) is 35.5 Å². The van der Waals surface area contributed by atoms with E-state index in [1.165, 1.54) is 21.3 Å². The zero-order valence-electron chi connectivity index (χ0n) is 17.5. The number of hydrogen-bond donors (Lipinski definition) is 1. The van der Waals surface area contributed by atoms with Crippen LogP contribution in [0.1, 0.15) is 37.4 Å². The van der Waals surface area contributed by atoms with Crippen molar-refractivity contribution < 1.29 is 23.7 Å². The molecule has 9 nitrogen and oxygen atoms in total. The van der Waals surface area contributed by atoms with Crippen LogP contribution < -0.4 is 14.2 Å². The fourth-order valence-electron chi connectivity index (χ4n) is 5.39. The van der Waals surface area contributed by atoms with E-state index in [1.807, 2.05) is 0 Å². The van der Waals surface area contributed by atoms with Gasteiger partial charge in [0.25, 0.3) is 0 Å². The fraction of sp³-hybridized carbons (Fsp3) is 0.545. The predicted molar refractivity (Wildman–Crippen MR) is 105 cm³/mol. The van der Waals surface area contributed by atoms with Gasteiger partial charge >= 0.3 is 0 Å². The summed E-state index contributed by atoms with van der Waals surface area (Å²) in [5.41, 5.74) is -3.33. The Morgan fingerprint density at radius 3 is 2.16 bits per heavy atom. The molecule has 0 unspecified atom stereocenters. The lowest BCUT2D eigenvalue weighted by atomic mass is 9.48. The highest BCUT2D eigenvalue weighted by Crippen LogP contribution is 2.69. The highest BCUT2D eigenvalue weighted by atomic mass is 16.7. The van der Waals surface area contributed by atoms with E-state index in [1.54, 1.807) is 12.1 Å². The SMILES string of the molecule is COc1cc([C@@H]2O[C@@]34CCCC[C@H]3C(C#N)(C#N)[C@@]2(C#N)C(=N)O4)cc(OC)c1OC. The number of methoxy groups -OCH3 is 3. The van der Waals surface area contributed by atoms with Crippen molar-refractivity contribution in [2.24, 2.45) is 16.7 Å². The van der Waals surface area contributed by atoms with Crippen molar-refractivity contribution in [2.75, 3.05) is 21.3 Å². The highest BCUT2D eigenvalue weighted by Gasteiger charge is 2.80. The van der Waals surface area contributed by atoms with Crippen molar-refractivity contribution in [1.29, 1.82) is 21.2 Å². The first-order chi connectivity index (χ1) is 14.9. The average Bonchev–Trinajstić information content (AvgIpc) is 2.81. The molecule has 3 saturated heterocycles. The van der Waals surface area contributed by atoms with Gasteiger partial charge in [-0.2, -0.15) is 15.8 Å². The molecule has 1 N–H and O–H groups in total. The molecule has 1 aromatic rings. The van der Waals surface area contributed by atoms with Gasteiger partial charge in [0.15, 0.2) is 22.3 Å². The molecule has 0 radical (unpaired) electrons. The minimum Gasteiger partial charge on any atom is -0.493 e. The van der Waals surface area contributed by atoms with Crippen molar-refractivity contribution in [3.05, 3.63) is 17.7 Å². The normalized spacial score (nSPS) is 32.5. The smallest absolute Gasteiger partial charge is 0.218 e. The molecule has 3 heterocycles. The summed E-state index contributed by atoms with van der Waals surface area (Å²) < 4.78 is 28.6. The topological polar surface area (TPSA) is 141 Å². The summed E-state index contributed by atoms with van der Waals surface area (Å²) in [6.07, 6.45) is 1.36. The summed E-state index contributed by atoms with van der Waals surface area (Å²) in [5.74, 6) is -1.35. The van der Waals surface area contributed by atoms with Crippen molar-refractivity contribution in [1.82, 2.24) is 0 Å². The number of nitrogens with one attached hydrogen (secondary N) is 1. The van der Waals surface area contributed by atoms with E-state index in [0.29, 0.717) is 35.7 Å². The summed E-state index contributed by atoms with van der Waals surface area (Å²) in [7, 11) is 4.40. The van der Waals surface area contributed by atoms with Gasteiger partial charge in [-0.1, -0.05) is 6.42 Å². The van der Waals surface area contributed by atoms with Crippen LogP contribution in [-0.2, 0) is 9.47 Å². The van der Waals surface area contributed by atoms with E-state index in [9.17, 15) is 15.8 Å². The minimum absolute atomic E-state index is 0.333. The van der Waals surface area contributed by atoms with Crippen LogP contribution in [0.4, 0.5) is 0 Å². The van der Waals surface area contributed by atoms with Crippen LogP contribution in [-0.4, -0.2) is 33.0 Å². The van der Waals surface area contributed by atoms with Gasteiger partial charge in [-0.15, -0.1) is 0 Å². The first kappa shape index (κ1) is 20.8. The molecule has 1 saturated carbocycles. The molecule has 1 spiro atoms. The molecule has 5 rings (SSSR count). The van der Waals surface area contributed by atoms with Crippen molar-refractivity contribution in [2.45, 2.75) is 37.6 Å². The summed E-state index contributed by atoms with van der Waals surface area (Å²) in [5, 5.41) is 39.5. The number of fused-ring (bicyclic) bond motifs is 2. The molecule has 0 amide bonds. The minimum atomic E-state index is -1.95. The van der Waals surface area contributed by atoms with Crippen LogP contribution in [0, 0.1) is 56.2 Å². The maximum absolute atomic E-state index is 10.4. The molecule has 1 aliphatic carbocycles. The van der Waals surface area contributed by atoms with Gasteiger partial charge in [-0.05, 0) is 30.5 Å². The Hall–Kier alpha value is -3.48. The third kappa shape index (κ3) is 2.34. The number of ether oxygens (including phenoxy) is 5. The molecular weight excluding hydrogens is 400 g/mol. The molecule has 2 bridgehead atoms. The maximum Gasteiger partial charge on any atom is 0.218 e. The molecule has 3 aliphatic heterocycles. The van der Waals surface area contributed by atoms with E-state index >= 15 is 0 Å². The number of nitriles is 3. The van der Waals surface area contributed by atoms with Gasteiger partial charge in [0.1, 0.15) is 6.10 Å². The molecule has 0 aromatic heterocycles. The number of benzene rings is 1. The van der Waals surface area contributed by atoms with Crippen molar-refractivity contribution in [3.63, 3.8) is 0 Å². The van der Waals surface area contributed by atoms with Gasteiger partial charge in [0.05, 0.1) is 45.5 Å². The van der Waals surface area contributed by atoms with Crippen LogP contribution in [0.2, 0.25) is 0 Å². The second-order valence-electron chi connectivity index (χ2n) is 7.95. The van der Waals surface area contributed by atoms with Crippen LogP contribution in [0.3, 0.4) is 0 Å². The van der Waals surface area contributed by atoms with Gasteiger partial charge in [0.2, 0.25) is 17.4 Å². The monoisotopic (exact) mass is 422 g/mol. The molecule has 1 aromatic carbocycles. The van der Waals surface area contributed by atoms with E-state index < -0.39 is 34.5 Å². The molecular formula is C22H22N4O5. The summed E-state index contributed by atoms with van der Waals surface area (Å²) in [4.78, 5) is 0. The average molecular weight is 422 g/mol. The maximum atomic E-state index is 10.4. The largest absolute Gasteiger partial charge is 0.493 e. The van der Waals surface area contributed by atoms with Crippen LogP contribution in [0.25, 0.3) is 0 Å². The lowest BCUT2D eigenvalue weighted by Gasteiger charge is -2.63. The molecule has 4 aliphatic rings. The second kappa shape index (κ2) is 7.04. The van der Waals surface area contributed by atoms with Crippen LogP contribution in [0.5, 0.6) is 17.2 Å². The van der Waals surface area contributed by atoms with Crippen LogP contribution in [0.15, 0.2) is 12.1 Å². The van der Waals surface area contributed by atoms with E-state index in [-0.39, 0.29) is 0 Å². The zero-order chi connectivity index (χ0) is 22.4. The molecule has 160 valence electrons. The third-order valence-electron chi connectivity index (χ3n) is 6.81. The summed E-state index contributed by atoms with van der Waals surface area (Å²) >= 11 is 0. The van der Waals surface area contributed by atoms with Gasteiger partial charge in [-0.25, -0.2) is 0 Å². The Morgan fingerprint density at radius 1 is 1.00 bits per heavy atom. The quantitative estimate of drug-likeness (QED) is 0.779. The lowest BCUT2D eigenvalue weighted by molar-refractivity contribution is -0.360. The zero-order valence-corrected chi connectivity index (χ0v) is 17.5. The Bertz CT molecular complexity index is 1030. The second-order valence-corrected chi connectivity index (χ2v) is 7.95. The van der Waals surface area contributed by atoms with Gasteiger partial charge in [-0.3, -0.25) is 5.41 Å².